The fraction of sp³-hybridized carbons (Fsp3) is 0.500. The van der Waals surface area contributed by atoms with E-state index in [0.29, 0.717) is 48.4 Å². The van der Waals surface area contributed by atoms with Crippen molar-refractivity contribution >= 4 is 23.2 Å². The topological polar surface area (TPSA) is 64.3 Å². The highest BCUT2D eigenvalue weighted by molar-refractivity contribution is 6.32. The van der Waals surface area contributed by atoms with Gasteiger partial charge >= 0.3 is 0 Å². The third-order valence-electron chi connectivity index (χ3n) is 2.40. The zero-order valence-corrected chi connectivity index (χ0v) is 12.2. The van der Waals surface area contributed by atoms with Gasteiger partial charge in [-0.15, -0.1) is 0 Å². The molecule has 3 N–H and O–H groups in total. The second kappa shape index (κ2) is 8.02. The summed E-state index contributed by atoms with van der Waals surface area (Å²) in [6, 6.07) is 5.24. The first-order valence-corrected chi connectivity index (χ1v) is 6.83. The van der Waals surface area contributed by atoms with Crippen molar-refractivity contribution in [3.63, 3.8) is 0 Å². The molecule has 5 heteroatoms. The molecule has 1 amide bonds. The zero-order valence-electron chi connectivity index (χ0n) is 11.4. The second-order valence-corrected chi connectivity index (χ2v) is 5.20. The van der Waals surface area contributed by atoms with Gasteiger partial charge < -0.3 is 15.8 Å². The lowest BCUT2D eigenvalue weighted by molar-refractivity contribution is -0.116. The van der Waals surface area contributed by atoms with Gasteiger partial charge in [0.25, 0.3) is 0 Å². The Balaban J connectivity index is 2.58. The van der Waals surface area contributed by atoms with Gasteiger partial charge in [-0.2, -0.15) is 0 Å². The Labute approximate surface area is 119 Å². The molecule has 1 aromatic rings. The summed E-state index contributed by atoms with van der Waals surface area (Å²) in [5.74, 6) is 1.01. The maximum atomic E-state index is 11.5. The quantitative estimate of drug-likeness (QED) is 0.809. The van der Waals surface area contributed by atoms with Gasteiger partial charge in [-0.1, -0.05) is 25.4 Å². The number of carbonyl (C=O) groups excluding carboxylic acids is 1. The maximum absolute atomic E-state index is 11.5. The van der Waals surface area contributed by atoms with Gasteiger partial charge in [-0.25, -0.2) is 0 Å². The largest absolute Gasteiger partial charge is 0.492 e. The summed E-state index contributed by atoms with van der Waals surface area (Å²) in [4.78, 5) is 11.5. The number of benzene rings is 1. The number of amides is 1. The Bertz CT molecular complexity index is 422. The molecule has 1 aromatic carbocycles. The van der Waals surface area contributed by atoms with Crippen LogP contribution in [-0.2, 0) is 4.79 Å². The third-order valence-corrected chi connectivity index (χ3v) is 2.69. The van der Waals surface area contributed by atoms with Crippen LogP contribution in [0.3, 0.4) is 0 Å². The highest BCUT2D eigenvalue weighted by atomic mass is 35.5. The monoisotopic (exact) mass is 284 g/mol. The molecule has 0 spiro atoms. The maximum Gasteiger partial charge on any atom is 0.224 e. The summed E-state index contributed by atoms with van der Waals surface area (Å²) in [5.41, 5.74) is 6.02. The smallest absolute Gasteiger partial charge is 0.224 e. The minimum atomic E-state index is -0.0580. The van der Waals surface area contributed by atoms with E-state index in [1.54, 1.807) is 18.2 Å². The van der Waals surface area contributed by atoms with Crippen molar-refractivity contribution in [2.75, 3.05) is 18.5 Å². The van der Waals surface area contributed by atoms with E-state index >= 15 is 0 Å². The van der Waals surface area contributed by atoms with E-state index in [4.69, 9.17) is 22.1 Å². The predicted octanol–water partition coefficient (Wildman–Crippen LogP) is 3.05. The first-order chi connectivity index (χ1) is 9.02. The Morgan fingerprint density at radius 2 is 2.21 bits per heavy atom. The molecule has 0 saturated heterocycles. The average molecular weight is 285 g/mol. The number of nitrogens with two attached hydrogens (primary N) is 1. The summed E-state index contributed by atoms with van der Waals surface area (Å²) in [6.07, 6.45) is 1.09. The molecule has 0 aliphatic rings. The molecule has 0 aliphatic carbocycles. The zero-order chi connectivity index (χ0) is 14.3. The normalized spacial score (nSPS) is 10.6. The summed E-state index contributed by atoms with van der Waals surface area (Å²) < 4.78 is 5.56. The van der Waals surface area contributed by atoms with Crippen LogP contribution < -0.4 is 15.8 Å². The van der Waals surface area contributed by atoms with Crippen LogP contribution in [0.1, 0.15) is 26.7 Å². The molecule has 106 valence electrons. The molecule has 0 bridgehead atoms. The molecule has 0 radical (unpaired) electrons. The lowest BCUT2D eigenvalue weighted by Gasteiger charge is -2.11. The third kappa shape index (κ3) is 5.94. The predicted molar refractivity (Wildman–Crippen MR) is 78.7 cm³/mol. The molecule has 0 aliphatic heterocycles. The molecule has 19 heavy (non-hydrogen) atoms. The highest BCUT2D eigenvalue weighted by Crippen LogP contribution is 2.28. The molecule has 0 aromatic heterocycles. The van der Waals surface area contributed by atoms with Gasteiger partial charge in [0.05, 0.1) is 11.6 Å². The summed E-state index contributed by atoms with van der Waals surface area (Å²) >= 11 is 6.10. The number of carbonyl (C=O) groups is 1. The number of nitrogens with one attached hydrogen (secondary N) is 1. The number of halogens is 1. The average Bonchev–Trinajstić information content (AvgIpc) is 2.35. The standard InChI is InChI=1S/C14H21ClN2O2/c1-10(2)9-19-13-6-5-11(8-12(13)15)17-14(18)4-3-7-16/h5-6,8,10H,3-4,7,9,16H2,1-2H3,(H,17,18). The number of hydrogen-bond acceptors (Lipinski definition) is 3. The van der Waals surface area contributed by atoms with Gasteiger partial charge in [0.15, 0.2) is 0 Å². The van der Waals surface area contributed by atoms with Crippen molar-refractivity contribution in [1.82, 2.24) is 0 Å². The van der Waals surface area contributed by atoms with Crippen molar-refractivity contribution < 1.29 is 9.53 Å². The number of anilines is 1. The molecule has 0 saturated carbocycles. The van der Waals surface area contributed by atoms with Crippen LogP contribution >= 0.6 is 11.6 Å². The fourth-order valence-corrected chi connectivity index (χ4v) is 1.67. The summed E-state index contributed by atoms with van der Waals surface area (Å²) in [5, 5.41) is 3.27. The first kappa shape index (κ1) is 15.8. The number of ether oxygens (including phenoxy) is 1. The molecular formula is C14H21ClN2O2. The van der Waals surface area contributed by atoms with Crippen molar-refractivity contribution in [3.8, 4) is 5.75 Å². The number of hydrogen-bond donors (Lipinski definition) is 2. The Kier molecular flexibility index (Phi) is 6.67. The van der Waals surface area contributed by atoms with Crippen molar-refractivity contribution in [3.05, 3.63) is 23.2 Å². The molecule has 1 rings (SSSR count). The summed E-state index contributed by atoms with van der Waals surface area (Å²) in [7, 11) is 0. The minimum absolute atomic E-state index is 0.0580. The van der Waals surface area contributed by atoms with Crippen molar-refractivity contribution in [1.29, 1.82) is 0 Å². The van der Waals surface area contributed by atoms with Gasteiger partial charge in [-0.3, -0.25) is 4.79 Å². The molecule has 0 atom stereocenters. The fourth-order valence-electron chi connectivity index (χ4n) is 1.44. The van der Waals surface area contributed by atoms with Crippen LogP contribution in [-0.4, -0.2) is 19.1 Å². The van der Waals surface area contributed by atoms with Crippen LogP contribution in [0.15, 0.2) is 18.2 Å². The lowest BCUT2D eigenvalue weighted by atomic mass is 10.2. The first-order valence-electron chi connectivity index (χ1n) is 6.45. The van der Waals surface area contributed by atoms with E-state index in [0.717, 1.165) is 0 Å². The molecular weight excluding hydrogens is 264 g/mol. The van der Waals surface area contributed by atoms with E-state index in [1.807, 2.05) is 0 Å². The van der Waals surface area contributed by atoms with Crippen LogP contribution in [0.4, 0.5) is 5.69 Å². The molecule has 0 fully saturated rings. The summed E-state index contributed by atoms with van der Waals surface area (Å²) in [6.45, 7) is 5.26. The van der Waals surface area contributed by atoms with Crippen LogP contribution in [0.2, 0.25) is 5.02 Å². The second-order valence-electron chi connectivity index (χ2n) is 4.79. The van der Waals surface area contributed by atoms with E-state index in [-0.39, 0.29) is 5.91 Å². The van der Waals surface area contributed by atoms with Crippen molar-refractivity contribution in [2.45, 2.75) is 26.7 Å². The van der Waals surface area contributed by atoms with Gasteiger partial charge in [0, 0.05) is 12.1 Å². The lowest BCUT2D eigenvalue weighted by Crippen LogP contribution is -2.13. The Morgan fingerprint density at radius 1 is 1.47 bits per heavy atom. The molecule has 4 nitrogen and oxygen atoms in total. The Hall–Kier alpha value is -1.26. The van der Waals surface area contributed by atoms with Gasteiger partial charge in [-0.05, 0) is 37.1 Å². The Morgan fingerprint density at radius 3 is 2.79 bits per heavy atom. The van der Waals surface area contributed by atoms with Crippen LogP contribution in [0.25, 0.3) is 0 Å². The molecule has 0 heterocycles. The van der Waals surface area contributed by atoms with E-state index in [2.05, 4.69) is 19.2 Å². The SMILES string of the molecule is CC(C)COc1ccc(NC(=O)CCCN)cc1Cl. The number of rotatable bonds is 7. The van der Waals surface area contributed by atoms with E-state index in [1.165, 1.54) is 0 Å². The van der Waals surface area contributed by atoms with E-state index in [9.17, 15) is 4.79 Å². The van der Waals surface area contributed by atoms with Crippen LogP contribution in [0.5, 0.6) is 5.75 Å². The molecule has 0 unspecified atom stereocenters. The van der Waals surface area contributed by atoms with Crippen molar-refractivity contribution in [2.24, 2.45) is 11.7 Å². The van der Waals surface area contributed by atoms with Crippen LogP contribution in [0, 0.1) is 5.92 Å². The van der Waals surface area contributed by atoms with Gasteiger partial charge in [0.2, 0.25) is 5.91 Å². The van der Waals surface area contributed by atoms with E-state index < -0.39 is 0 Å². The highest BCUT2D eigenvalue weighted by Gasteiger charge is 2.06. The van der Waals surface area contributed by atoms with Gasteiger partial charge in [0.1, 0.15) is 5.75 Å². The minimum Gasteiger partial charge on any atom is -0.492 e.